The third-order valence-corrected chi connectivity index (χ3v) is 13.6. The lowest BCUT2D eigenvalue weighted by atomic mass is 9.71. The van der Waals surface area contributed by atoms with E-state index in [0.29, 0.717) is 0 Å². The zero-order valence-electron chi connectivity index (χ0n) is 37.0. The lowest BCUT2D eigenvalue weighted by molar-refractivity contribution is -0.440. The monoisotopic (exact) mass is 814 g/mol. The van der Waals surface area contributed by atoms with E-state index in [1.807, 2.05) is 47.8 Å². The van der Waals surface area contributed by atoms with Gasteiger partial charge in [-0.25, -0.2) is 0 Å². The average molecular weight is 815 g/mol. The minimum Gasteiger partial charge on any atom is -0.362 e. The van der Waals surface area contributed by atoms with Crippen molar-refractivity contribution in [3.63, 3.8) is 0 Å². The summed E-state index contributed by atoms with van der Waals surface area (Å²) >= 11 is 0. The van der Waals surface area contributed by atoms with Crippen molar-refractivity contribution < 1.29 is 9.37 Å². The number of hydrazone groups is 2. The Morgan fingerprint density at radius 3 is 1.23 bits per heavy atom. The van der Waals surface area contributed by atoms with Gasteiger partial charge in [0.25, 0.3) is 0 Å². The van der Waals surface area contributed by atoms with Gasteiger partial charge >= 0.3 is 0 Å². The molecule has 0 saturated heterocycles. The number of hydrogen-bond acceptors (Lipinski definition) is 4. The quantitative estimate of drug-likeness (QED) is 0.0700. The molecule has 0 fully saturated rings. The van der Waals surface area contributed by atoms with E-state index in [4.69, 9.17) is 10.2 Å². The van der Waals surface area contributed by atoms with Crippen LogP contribution in [0.3, 0.4) is 0 Å². The fourth-order valence-corrected chi connectivity index (χ4v) is 10.7. The van der Waals surface area contributed by atoms with E-state index >= 15 is 0 Å². The number of likely N-dealkylation sites (N-methyl/N-ethyl adjacent to an activating group) is 2. The topological polar surface area (TPSA) is 37.2 Å². The molecule has 0 amide bonds. The van der Waals surface area contributed by atoms with Gasteiger partial charge in [-0.3, -0.25) is 0 Å². The van der Waals surface area contributed by atoms with Crippen molar-refractivity contribution in [2.45, 2.75) is 77.3 Å². The second kappa shape index (κ2) is 17.0. The van der Waals surface area contributed by atoms with E-state index in [2.05, 4.69) is 196 Å². The molecule has 62 heavy (non-hydrogen) atoms. The first-order valence-corrected chi connectivity index (χ1v) is 22.3. The van der Waals surface area contributed by atoms with Gasteiger partial charge in [-0.05, 0) is 92.8 Å². The van der Waals surface area contributed by atoms with Crippen LogP contribution in [0.5, 0.6) is 0 Å². The summed E-state index contributed by atoms with van der Waals surface area (Å²) < 4.78 is 3.99. The molecule has 0 spiro atoms. The first-order chi connectivity index (χ1) is 30.3. The molecule has 7 aromatic carbocycles. The van der Waals surface area contributed by atoms with Crippen LogP contribution in [-0.4, -0.2) is 59.4 Å². The van der Waals surface area contributed by atoms with Gasteiger partial charge in [0.15, 0.2) is 12.4 Å². The van der Waals surface area contributed by atoms with Crippen LogP contribution in [0.2, 0.25) is 0 Å². The second-order valence-electron chi connectivity index (χ2n) is 17.2. The predicted octanol–water partition coefficient (Wildman–Crippen LogP) is 12.3. The Bertz CT molecular complexity index is 2650. The Morgan fingerprint density at radius 1 is 0.484 bits per heavy atom. The third kappa shape index (κ3) is 7.11. The molecule has 0 aliphatic carbocycles. The standard InChI is InChI=1S/C56H58N6/c1-7-59-49-35-33-43-21-17-19-27-47(43)53(49)55(5,51(59)39-57-61(9-3)45-23-13-11-14-24-45)37-41-29-31-42(32-30-41)38-56(6)52(40-58-62(10-4)46-25-15-12-16-26-46)60(8-2)50-36-34-44-22-18-20-28-48(44)54(50)56/h9-36,39-40,51-52H,7-8,37-38H2,1-6H3/q+2/b57-39?,58-40?,61-9-,62-10?. The molecule has 4 atom stereocenters. The summed E-state index contributed by atoms with van der Waals surface area (Å²) in [5.41, 5.74) is 9.63. The highest BCUT2D eigenvalue weighted by molar-refractivity contribution is 5.97. The summed E-state index contributed by atoms with van der Waals surface area (Å²) in [6.45, 7) is 15.3. The van der Waals surface area contributed by atoms with E-state index in [0.717, 1.165) is 37.3 Å². The number of rotatable bonds is 12. The Balaban J connectivity index is 1.09. The SMILES string of the molecule is CC=[N+](N=CC1N(CC)c2ccc3ccccc3c2C1(C)Cc1ccc(CC2(C)c3c(ccc4ccccc34)N(CC)C2C=N/[N+](=C\C)c2ccccc2)cc1)c1ccccc1. The van der Waals surface area contributed by atoms with Crippen LogP contribution in [0.15, 0.2) is 168 Å². The maximum absolute atomic E-state index is 5.17. The van der Waals surface area contributed by atoms with E-state index < -0.39 is 0 Å². The molecular weight excluding hydrogens is 757 g/mol. The van der Waals surface area contributed by atoms with E-state index in [1.165, 1.54) is 55.2 Å². The first-order valence-electron chi connectivity index (χ1n) is 22.3. The van der Waals surface area contributed by atoms with Gasteiger partial charge in [0, 0.05) is 73.4 Å². The van der Waals surface area contributed by atoms with Gasteiger partial charge in [0.05, 0.1) is 24.5 Å². The number of nitrogens with zero attached hydrogens (tertiary/aromatic N) is 6. The molecule has 2 heterocycles. The number of hydrogen-bond donors (Lipinski definition) is 0. The zero-order valence-corrected chi connectivity index (χ0v) is 37.0. The van der Waals surface area contributed by atoms with Crippen LogP contribution in [0, 0.1) is 0 Å². The highest BCUT2D eigenvalue weighted by Crippen LogP contribution is 2.52. The molecule has 2 aliphatic heterocycles. The number of anilines is 2. The second-order valence-corrected chi connectivity index (χ2v) is 17.2. The molecule has 310 valence electrons. The summed E-state index contributed by atoms with van der Waals surface area (Å²) in [6, 6.07) is 57.4. The molecule has 6 heteroatoms. The molecule has 9 rings (SSSR count). The summed E-state index contributed by atoms with van der Waals surface area (Å²) in [6.07, 6.45) is 10.2. The van der Waals surface area contributed by atoms with Crippen molar-refractivity contribution in [1.82, 2.24) is 0 Å². The third-order valence-electron chi connectivity index (χ3n) is 13.6. The van der Waals surface area contributed by atoms with Crippen LogP contribution in [-0.2, 0) is 23.7 Å². The van der Waals surface area contributed by atoms with Gasteiger partial charge in [0.2, 0.25) is 11.4 Å². The summed E-state index contributed by atoms with van der Waals surface area (Å²) in [7, 11) is 0. The van der Waals surface area contributed by atoms with Gasteiger partial charge in [-0.2, -0.15) is 0 Å². The molecule has 0 radical (unpaired) electrons. The fraction of sp³-hybridized carbons (Fsp3) is 0.250. The smallest absolute Gasteiger partial charge is 0.237 e. The predicted molar refractivity (Wildman–Crippen MR) is 263 cm³/mol. The average Bonchev–Trinajstić information content (AvgIpc) is 3.71. The van der Waals surface area contributed by atoms with Gasteiger partial charge < -0.3 is 9.80 Å². The van der Waals surface area contributed by atoms with Crippen molar-refractivity contribution in [3.8, 4) is 0 Å². The lowest BCUT2D eigenvalue weighted by Crippen LogP contribution is -2.46. The largest absolute Gasteiger partial charge is 0.362 e. The van der Waals surface area contributed by atoms with Gasteiger partial charge in [0.1, 0.15) is 0 Å². The van der Waals surface area contributed by atoms with Crippen molar-refractivity contribution in [3.05, 3.63) is 180 Å². The van der Waals surface area contributed by atoms with Crippen LogP contribution in [0.1, 0.15) is 63.8 Å². The minimum absolute atomic E-state index is 0.0391. The summed E-state index contributed by atoms with van der Waals surface area (Å²) in [5.74, 6) is 0. The minimum atomic E-state index is -0.257. The van der Waals surface area contributed by atoms with Crippen LogP contribution >= 0.6 is 0 Å². The Kier molecular flexibility index (Phi) is 11.2. The van der Waals surface area contributed by atoms with Crippen molar-refractivity contribution >= 4 is 69.2 Å². The Hall–Kier alpha value is -6.66. The first kappa shape index (κ1) is 40.7. The fourth-order valence-electron chi connectivity index (χ4n) is 10.7. The van der Waals surface area contributed by atoms with E-state index in [-0.39, 0.29) is 22.9 Å². The maximum atomic E-state index is 5.17. The molecule has 2 aliphatic rings. The Morgan fingerprint density at radius 2 is 0.855 bits per heavy atom. The molecule has 4 unspecified atom stereocenters. The Labute approximate surface area is 367 Å². The normalized spacial score (nSPS) is 21.5. The highest BCUT2D eigenvalue weighted by atomic mass is 15.4. The maximum Gasteiger partial charge on any atom is 0.237 e. The molecule has 0 aromatic heterocycles. The molecule has 0 saturated carbocycles. The molecule has 7 aromatic rings. The number of fused-ring (bicyclic) bond motifs is 6. The number of benzene rings is 7. The van der Waals surface area contributed by atoms with Crippen LogP contribution in [0.4, 0.5) is 22.7 Å². The molecule has 6 nitrogen and oxygen atoms in total. The van der Waals surface area contributed by atoms with Crippen molar-refractivity contribution in [2.75, 3.05) is 22.9 Å². The molecule has 0 bridgehead atoms. The van der Waals surface area contributed by atoms with E-state index in [1.54, 1.807) is 0 Å². The van der Waals surface area contributed by atoms with Crippen molar-refractivity contribution in [2.24, 2.45) is 10.2 Å². The van der Waals surface area contributed by atoms with Crippen LogP contribution in [0.25, 0.3) is 21.5 Å². The highest BCUT2D eigenvalue weighted by Gasteiger charge is 2.49. The molecular formula is C56H58N6+2. The number of para-hydroxylation sites is 2. The molecule has 0 N–H and O–H groups in total. The zero-order chi connectivity index (χ0) is 42.8. The van der Waals surface area contributed by atoms with Crippen LogP contribution < -0.4 is 9.80 Å². The summed E-state index contributed by atoms with van der Waals surface area (Å²) in [5, 5.41) is 15.5. The van der Waals surface area contributed by atoms with Crippen molar-refractivity contribution in [1.29, 1.82) is 0 Å². The lowest BCUT2D eigenvalue weighted by Gasteiger charge is -2.35. The van der Waals surface area contributed by atoms with E-state index in [9.17, 15) is 0 Å². The van der Waals surface area contributed by atoms with Gasteiger partial charge in [-0.1, -0.05) is 145 Å². The van der Waals surface area contributed by atoms with Gasteiger partial charge in [-0.15, -0.1) is 0 Å². The summed E-state index contributed by atoms with van der Waals surface area (Å²) in [4.78, 5) is 5.11.